The van der Waals surface area contributed by atoms with E-state index in [-0.39, 0.29) is 34.8 Å². The van der Waals surface area contributed by atoms with E-state index in [4.69, 9.17) is 4.74 Å². The molecule has 9 nitrogen and oxygen atoms in total. The van der Waals surface area contributed by atoms with Crippen LogP contribution in [0.4, 0.5) is 10.1 Å². The van der Waals surface area contributed by atoms with Crippen LogP contribution in [0, 0.1) is 11.7 Å². The molecule has 33 heavy (non-hydrogen) atoms. The van der Waals surface area contributed by atoms with Crippen molar-refractivity contribution in [2.45, 2.75) is 17.7 Å². The van der Waals surface area contributed by atoms with Crippen LogP contribution in [0.5, 0.6) is 0 Å². The molecule has 1 unspecified atom stereocenters. The van der Waals surface area contributed by atoms with Crippen LogP contribution in [0.15, 0.2) is 47.4 Å². The van der Waals surface area contributed by atoms with Crippen molar-refractivity contribution in [3.05, 3.63) is 59.4 Å². The number of hydrogen-bond donors (Lipinski definition) is 1. The molecule has 1 aliphatic heterocycles. The number of ether oxygens (including phenoxy) is 2. The van der Waals surface area contributed by atoms with Crippen molar-refractivity contribution in [1.29, 1.82) is 0 Å². The van der Waals surface area contributed by atoms with E-state index < -0.39 is 39.6 Å². The third kappa shape index (κ3) is 5.37. The first-order chi connectivity index (χ1) is 15.7. The van der Waals surface area contributed by atoms with E-state index in [0.717, 1.165) is 12.1 Å². The van der Waals surface area contributed by atoms with Crippen LogP contribution in [-0.4, -0.2) is 57.9 Å². The summed E-state index contributed by atoms with van der Waals surface area (Å²) in [5.41, 5.74) is 0.197. The van der Waals surface area contributed by atoms with Gasteiger partial charge in [-0.1, -0.05) is 0 Å². The number of carbonyl (C=O) groups excluding carboxylic acids is 3. The fourth-order valence-corrected chi connectivity index (χ4v) is 5.07. The number of sulfonamides is 1. The molecule has 0 radical (unpaired) electrons. The number of carbonyl (C=O) groups is 3. The van der Waals surface area contributed by atoms with Crippen molar-refractivity contribution in [2.24, 2.45) is 5.92 Å². The Morgan fingerprint density at radius 1 is 1.03 bits per heavy atom. The summed E-state index contributed by atoms with van der Waals surface area (Å²) >= 11 is 0. The molecule has 1 saturated heterocycles. The van der Waals surface area contributed by atoms with Gasteiger partial charge in [-0.2, -0.15) is 4.31 Å². The highest BCUT2D eigenvalue weighted by Gasteiger charge is 2.34. The SMILES string of the molecule is COC(=O)c1ccc(C(=O)OC)c(NC(=O)C2CCCN(S(=O)(=O)c3ccc(F)cc3)C2)c1. The summed E-state index contributed by atoms with van der Waals surface area (Å²) in [6, 6.07) is 8.47. The molecule has 1 N–H and O–H groups in total. The fourth-order valence-electron chi connectivity index (χ4n) is 3.55. The minimum Gasteiger partial charge on any atom is -0.465 e. The van der Waals surface area contributed by atoms with Gasteiger partial charge >= 0.3 is 11.9 Å². The van der Waals surface area contributed by atoms with E-state index in [1.807, 2.05) is 0 Å². The van der Waals surface area contributed by atoms with Crippen molar-refractivity contribution in [1.82, 2.24) is 4.31 Å². The van der Waals surface area contributed by atoms with E-state index >= 15 is 0 Å². The van der Waals surface area contributed by atoms with Crippen LogP contribution in [0.3, 0.4) is 0 Å². The van der Waals surface area contributed by atoms with Gasteiger partial charge in [-0.25, -0.2) is 22.4 Å². The first-order valence-electron chi connectivity index (χ1n) is 10.0. The molecule has 0 aromatic heterocycles. The van der Waals surface area contributed by atoms with Gasteiger partial charge in [-0.3, -0.25) is 4.79 Å². The molecule has 2 aromatic rings. The zero-order chi connectivity index (χ0) is 24.2. The van der Waals surface area contributed by atoms with E-state index in [1.54, 1.807) is 0 Å². The molecular formula is C22H23FN2O7S. The van der Waals surface area contributed by atoms with Crippen molar-refractivity contribution in [3.8, 4) is 0 Å². The number of nitrogens with zero attached hydrogens (tertiary/aromatic N) is 1. The second-order valence-electron chi connectivity index (χ2n) is 7.39. The van der Waals surface area contributed by atoms with Gasteiger partial charge < -0.3 is 14.8 Å². The second-order valence-corrected chi connectivity index (χ2v) is 9.33. The minimum absolute atomic E-state index is 0.0325. The highest BCUT2D eigenvalue weighted by atomic mass is 32.2. The maximum atomic E-state index is 13.2. The van der Waals surface area contributed by atoms with Crippen LogP contribution < -0.4 is 5.32 Å². The van der Waals surface area contributed by atoms with Crippen LogP contribution in [0.1, 0.15) is 33.6 Å². The molecule has 3 rings (SSSR count). The Morgan fingerprint density at radius 2 is 1.70 bits per heavy atom. The number of benzene rings is 2. The van der Waals surface area contributed by atoms with Gasteiger partial charge in [0.15, 0.2) is 0 Å². The lowest BCUT2D eigenvalue weighted by molar-refractivity contribution is -0.120. The van der Waals surface area contributed by atoms with Gasteiger partial charge in [0.05, 0.1) is 41.8 Å². The van der Waals surface area contributed by atoms with Crippen LogP contribution in [-0.2, 0) is 24.3 Å². The number of methoxy groups -OCH3 is 2. The van der Waals surface area contributed by atoms with Gasteiger partial charge in [0.2, 0.25) is 15.9 Å². The van der Waals surface area contributed by atoms with Crippen molar-refractivity contribution in [2.75, 3.05) is 32.6 Å². The summed E-state index contributed by atoms with van der Waals surface area (Å²) in [5, 5.41) is 2.62. The predicted molar refractivity (Wildman–Crippen MR) is 116 cm³/mol. The topological polar surface area (TPSA) is 119 Å². The third-order valence-electron chi connectivity index (χ3n) is 5.31. The summed E-state index contributed by atoms with van der Waals surface area (Å²) in [7, 11) is -1.53. The Hall–Kier alpha value is -3.31. The number of amides is 1. The highest BCUT2D eigenvalue weighted by molar-refractivity contribution is 7.89. The molecule has 1 atom stereocenters. The Kier molecular flexibility index (Phi) is 7.44. The predicted octanol–water partition coefficient (Wildman–Crippen LogP) is 2.44. The second kappa shape index (κ2) is 10.1. The Balaban J connectivity index is 1.82. The number of rotatable bonds is 6. The number of nitrogens with one attached hydrogen (secondary N) is 1. The average molecular weight is 478 g/mol. The standard InChI is InChI=1S/C22H23FN2O7S/c1-31-21(27)14-5-10-18(22(28)32-2)19(12-14)24-20(26)15-4-3-11-25(13-15)33(29,30)17-8-6-16(23)7-9-17/h5-10,12,15H,3-4,11,13H2,1-2H3,(H,24,26). The molecule has 0 spiro atoms. The van der Waals surface area contributed by atoms with E-state index in [0.29, 0.717) is 12.8 Å². The first-order valence-corrected chi connectivity index (χ1v) is 11.5. The lowest BCUT2D eigenvalue weighted by atomic mass is 9.98. The maximum absolute atomic E-state index is 13.2. The van der Waals surface area contributed by atoms with Crippen LogP contribution in [0.2, 0.25) is 0 Å². The van der Waals surface area contributed by atoms with Gasteiger partial charge in [0.25, 0.3) is 0 Å². The number of esters is 2. The third-order valence-corrected chi connectivity index (χ3v) is 7.19. The highest BCUT2D eigenvalue weighted by Crippen LogP contribution is 2.26. The Bertz CT molecular complexity index is 1170. The molecule has 176 valence electrons. The largest absolute Gasteiger partial charge is 0.465 e. The smallest absolute Gasteiger partial charge is 0.339 e. The molecule has 0 aliphatic carbocycles. The number of piperidine rings is 1. The lowest BCUT2D eigenvalue weighted by Gasteiger charge is -2.31. The zero-order valence-corrected chi connectivity index (χ0v) is 18.9. The van der Waals surface area contributed by atoms with Crippen molar-refractivity contribution < 1.29 is 36.7 Å². The van der Waals surface area contributed by atoms with Gasteiger partial charge in [0, 0.05) is 13.1 Å². The average Bonchev–Trinajstić information content (AvgIpc) is 2.83. The molecule has 1 fully saturated rings. The summed E-state index contributed by atoms with van der Waals surface area (Å²) in [6.45, 7) is 0.129. The molecule has 0 bridgehead atoms. The van der Waals surface area contributed by atoms with Gasteiger partial charge in [0.1, 0.15) is 5.82 Å². The molecule has 1 amide bonds. The molecule has 11 heteroatoms. The number of halogens is 1. The molecule has 1 aliphatic rings. The van der Waals surface area contributed by atoms with Crippen molar-refractivity contribution >= 4 is 33.6 Å². The molecule has 2 aromatic carbocycles. The first kappa shape index (κ1) is 24.3. The summed E-state index contributed by atoms with van der Waals surface area (Å²) in [6.07, 6.45) is 0.857. The molecular weight excluding hydrogens is 455 g/mol. The molecule has 0 saturated carbocycles. The van der Waals surface area contributed by atoms with Crippen LogP contribution in [0.25, 0.3) is 0 Å². The van der Waals surface area contributed by atoms with E-state index in [1.165, 1.54) is 48.9 Å². The Labute approximate surface area is 190 Å². The monoisotopic (exact) mass is 478 g/mol. The number of hydrogen-bond acceptors (Lipinski definition) is 7. The van der Waals surface area contributed by atoms with E-state index in [9.17, 15) is 27.2 Å². The van der Waals surface area contributed by atoms with Crippen LogP contribution >= 0.6 is 0 Å². The fraction of sp³-hybridized carbons (Fsp3) is 0.318. The number of anilines is 1. The summed E-state index contributed by atoms with van der Waals surface area (Å²) in [5.74, 6) is -3.15. The summed E-state index contributed by atoms with van der Waals surface area (Å²) in [4.78, 5) is 36.9. The lowest BCUT2D eigenvalue weighted by Crippen LogP contribution is -2.43. The molecule has 1 heterocycles. The van der Waals surface area contributed by atoms with Gasteiger partial charge in [-0.05, 0) is 55.3 Å². The Morgan fingerprint density at radius 3 is 2.33 bits per heavy atom. The minimum atomic E-state index is -3.91. The van der Waals surface area contributed by atoms with Crippen molar-refractivity contribution in [3.63, 3.8) is 0 Å². The zero-order valence-electron chi connectivity index (χ0n) is 18.0. The maximum Gasteiger partial charge on any atom is 0.339 e. The quantitative estimate of drug-likeness (QED) is 0.634. The normalized spacial score (nSPS) is 16.6. The van der Waals surface area contributed by atoms with E-state index in [2.05, 4.69) is 10.1 Å². The van der Waals surface area contributed by atoms with Gasteiger partial charge in [-0.15, -0.1) is 0 Å². The summed E-state index contributed by atoms with van der Waals surface area (Å²) < 4.78 is 49.6.